The summed E-state index contributed by atoms with van der Waals surface area (Å²) in [6.07, 6.45) is 1.84. The molecule has 2 aromatic carbocycles. The zero-order valence-corrected chi connectivity index (χ0v) is 12.3. The fraction of sp³-hybridized carbons (Fsp3) is 0.263. The molecule has 0 spiro atoms. The third-order valence-electron chi connectivity index (χ3n) is 3.92. The lowest BCUT2D eigenvalue weighted by Crippen LogP contribution is -2.24. The van der Waals surface area contributed by atoms with Gasteiger partial charge in [-0.3, -0.25) is 0 Å². The predicted molar refractivity (Wildman–Crippen MR) is 85.5 cm³/mol. The monoisotopic (exact) mass is 266 g/mol. The van der Waals surface area contributed by atoms with Gasteiger partial charge >= 0.3 is 0 Å². The lowest BCUT2D eigenvalue weighted by Gasteiger charge is -2.29. The molecule has 1 heteroatoms. The van der Waals surface area contributed by atoms with E-state index in [4.69, 9.17) is 4.74 Å². The maximum absolute atomic E-state index is 5.77. The summed E-state index contributed by atoms with van der Waals surface area (Å²) in [6, 6.07) is 20.7. The van der Waals surface area contributed by atoms with Crippen LogP contribution in [0, 0.1) is 0 Å². The van der Waals surface area contributed by atoms with Crippen LogP contribution in [0.25, 0.3) is 5.57 Å². The molecule has 0 heterocycles. The largest absolute Gasteiger partial charge is 0.374 e. The van der Waals surface area contributed by atoms with Crippen LogP contribution in [0.5, 0.6) is 0 Å². The Hall–Kier alpha value is -1.86. The van der Waals surface area contributed by atoms with Crippen LogP contribution in [0.4, 0.5) is 0 Å². The second-order valence-electron chi connectivity index (χ2n) is 5.27. The molecule has 20 heavy (non-hydrogen) atoms. The quantitative estimate of drug-likeness (QED) is 0.711. The van der Waals surface area contributed by atoms with Crippen molar-refractivity contribution in [2.75, 3.05) is 7.11 Å². The maximum Gasteiger partial charge on any atom is 0.0902 e. The third kappa shape index (κ3) is 3.37. The molecular weight excluding hydrogens is 244 g/mol. The van der Waals surface area contributed by atoms with Crippen molar-refractivity contribution < 1.29 is 4.74 Å². The summed E-state index contributed by atoms with van der Waals surface area (Å²) in [5.74, 6) is 0. The van der Waals surface area contributed by atoms with Gasteiger partial charge in [-0.1, -0.05) is 67.2 Å². The van der Waals surface area contributed by atoms with Gasteiger partial charge in [-0.25, -0.2) is 0 Å². The molecule has 0 saturated carbocycles. The van der Waals surface area contributed by atoms with E-state index < -0.39 is 0 Å². The molecule has 2 aromatic rings. The van der Waals surface area contributed by atoms with E-state index >= 15 is 0 Å². The van der Waals surface area contributed by atoms with Gasteiger partial charge in [0.1, 0.15) is 0 Å². The lowest BCUT2D eigenvalue weighted by atomic mass is 9.88. The van der Waals surface area contributed by atoms with Crippen molar-refractivity contribution in [1.82, 2.24) is 0 Å². The van der Waals surface area contributed by atoms with Crippen molar-refractivity contribution >= 4 is 5.57 Å². The minimum Gasteiger partial charge on any atom is -0.374 e. The Bertz CT molecular complexity index is 544. The Labute approximate surface area is 121 Å². The second kappa shape index (κ2) is 6.53. The van der Waals surface area contributed by atoms with Gasteiger partial charge in [0, 0.05) is 7.11 Å². The first-order valence-electron chi connectivity index (χ1n) is 6.99. The Balaban J connectivity index is 2.06. The normalized spacial score (nSPS) is 13.7. The second-order valence-corrected chi connectivity index (χ2v) is 5.27. The van der Waals surface area contributed by atoms with Gasteiger partial charge in [0.25, 0.3) is 0 Å². The van der Waals surface area contributed by atoms with E-state index in [0.717, 1.165) is 18.4 Å². The van der Waals surface area contributed by atoms with Crippen molar-refractivity contribution in [1.29, 1.82) is 0 Å². The van der Waals surface area contributed by atoms with Crippen LogP contribution in [0.2, 0.25) is 0 Å². The summed E-state index contributed by atoms with van der Waals surface area (Å²) < 4.78 is 5.77. The fourth-order valence-electron chi connectivity index (χ4n) is 2.36. The van der Waals surface area contributed by atoms with Gasteiger partial charge in [0.05, 0.1) is 5.60 Å². The molecule has 104 valence electrons. The highest BCUT2D eigenvalue weighted by atomic mass is 16.5. The van der Waals surface area contributed by atoms with E-state index in [1.165, 1.54) is 11.1 Å². The van der Waals surface area contributed by atoms with Crippen LogP contribution in [0.3, 0.4) is 0 Å². The summed E-state index contributed by atoms with van der Waals surface area (Å²) in [6.45, 7) is 6.34. The van der Waals surface area contributed by atoms with Crippen LogP contribution >= 0.6 is 0 Å². The molecule has 1 atom stereocenters. The molecule has 0 N–H and O–H groups in total. The van der Waals surface area contributed by atoms with E-state index in [2.05, 4.69) is 49.9 Å². The molecule has 0 amide bonds. The molecule has 1 unspecified atom stereocenters. The van der Waals surface area contributed by atoms with Crippen molar-refractivity contribution in [2.45, 2.75) is 25.4 Å². The minimum atomic E-state index is -0.265. The summed E-state index contributed by atoms with van der Waals surface area (Å²) in [7, 11) is 1.78. The molecule has 0 aliphatic rings. The van der Waals surface area contributed by atoms with Gasteiger partial charge in [0.2, 0.25) is 0 Å². The van der Waals surface area contributed by atoms with Crippen molar-refractivity contribution in [3.63, 3.8) is 0 Å². The summed E-state index contributed by atoms with van der Waals surface area (Å²) >= 11 is 0. The molecule has 0 radical (unpaired) electrons. The number of allylic oxidation sites excluding steroid dienone is 1. The SMILES string of the molecule is C=C(CCC(C)(OC)c1ccccc1)c1ccccc1. The Morgan fingerprint density at radius 3 is 2.10 bits per heavy atom. The van der Waals surface area contributed by atoms with Gasteiger partial charge in [-0.2, -0.15) is 0 Å². The first-order chi connectivity index (χ1) is 9.65. The molecule has 0 fully saturated rings. The van der Waals surface area contributed by atoms with E-state index in [0.29, 0.717) is 0 Å². The zero-order valence-electron chi connectivity index (χ0n) is 12.3. The maximum atomic E-state index is 5.77. The molecule has 2 rings (SSSR count). The van der Waals surface area contributed by atoms with Crippen molar-refractivity contribution in [2.24, 2.45) is 0 Å². The highest BCUT2D eigenvalue weighted by Gasteiger charge is 2.25. The van der Waals surface area contributed by atoms with Crippen LogP contribution in [0.15, 0.2) is 67.2 Å². The van der Waals surface area contributed by atoms with E-state index in [-0.39, 0.29) is 5.60 Å². The minimum absolute atomic E-state index is 0.265. The lowest BCUT2D eigenvalue weighted by molar-refractivity contribution is -0.00425. The number of methoxy groups -OCH3 is 1. The number of ether oxygens (including phenoxy) is 1. The smallest absolute Gasteiger partial charge is 0.0902 e. The summed E-state index contributed by atoms with van der Waals surface area (Å²) in [4.78, 5) is 0. The van der Waals surface area contributed by atoms with Crippen LogP contribution in [-0.4, -0.2) is 7.11 Å². The molecule has 0 saturated heterocycles. The molecule has 0 aliphatic carbocycles. The Morgan fingerprint density at radius 1 is 1.00 bits per heavy atom. The highest BCUT2D eigenvalue weighted by molar-refractivity contribution is 5.63. The summed E-state index contributed by atoms with van der Waals surface area (Å²) in [5.41, 5.74) is 3.31. The molecule has 0 bridgehead atoms. The number of hydrogen-bond acceptors (Lipinski definition) is 1. The van der Waals surface area contributed by atoms with Crippen molar-refractivity contribution in [3.05, 3.63) is 78.4 Å². The van der Waals surface area contributed by atoms with E-state index in [9.17, 15) is 0 Å². The Kier molecular flexibility index (Phi) is 4.75. The average molecular weight is 266 g/mol. The van der Waals surface area contributed by atoms with E-state index in [1.807, 2.05) is 24.3 Å². The summed E-state index contributed by atoms with van der Waals surface area (Å²) in [5, 5.41) is 0. The standard InChI is InChI=1S/C19H22O/c1-16(17-10-6-4-7-11-17)14-15-19(2,20-3)18-12-8-5-9-13-18/h4-13H,1,14-15H2,2-3H3. The molecule has 0 aliphatic heterocycles. The number of hydrogen-bond donors (Lipinski definition) is 0. The average Bonchev–Trinajstić information content (AvgIpc) is 2.54. The van der Waals surface area contributed by atoms with Gasteiger partial charge in [-0.15, -0.1) is 0 Å². The van der Waals surface area contributed by atoms with Crippen LogP contribution in [0.1, 0.15) is 30.9 Å². The van der Waals surface area contributed by atoms with Crippen molar-refractivity contribution in [3.8, 4) is 0 Å². The van der Waals surface area contributed by atoms with E-state index in [1.54, 1.807) is 7.11 Å². The first-order valence-corrected chi connectivity index (χ1v) is 6.99. The van der Waals surface area contributed by atoms with Crippen LogP contribution < -0.4 is 0 Å². The molecule has 1 nitrogen and oxygen atoms in total. The third-order valence-corrected chi connectivity index (χ3v) is 3.92. The van der Waals surface area contributed by atoms with Gasteiger partial charge < -0.3 is 4.74 Å². The molecule has 0 aromatic heterocycles. The highest BCUT2D eigenvalue weighted by Crippen LogP contribution is 2.32. The van der Waals surface area contributed by atoms with Gasteiger partial charge in [-0.05, 0) is 36.5 Å². The van der Waals surface area contributed by atoms with Crippen LogP contribution in [-0.2, 0) is 10.3 Å². The zero-order chi connectivity index (χ0) is 14.4. The molecular formula is C19H22O. The van der Waals surface area contributed by atoms with Gasteiger partial charge in [0.15, 0.2) is 0 Å². The fourth-order valence-corrected chi connectivity index (χ4v) is 2.36. The Morgan fingerprint density at radius 2 is 1.55 bits per heavy atom. The first kappa shape index (κ1) is 14.5. The number of benzene rings is 2. The number of rotatable bonds is 6. The predicted octanol–water partition coefficient (Wildman–Crippen LogP) is 5.04. The topological polar surface area (TPSA) is 9.23 Å².